The van der Waals surface area contributed by atoms with Crippen molar-refractivity contribution in [2.75, 3.05) is 5.43 Å². The van der Waals surface area contributed by atoms with Gasteiger partial charge in [0.1, 0.15) is 0 Å². The van der Waals surface area contributed by atoms with Crippen molar-refractivity contribution in [3.8, 4) is 0 Å². The Hall–Kier alpha value is -1.69. The summed E-state index contributed by atoms with van der Waals surface area (Å²) in [5.74, 6) is 0. The Bertz CT molecular complexity index is 417. The van der Waals surface area contributed by atoms with Crippen molar-refractivity contribution in [3.05, 3.63) is 29.0 Å². The lowest BCUT2D eigenvalue weighted by Crippen LogP contribution is -1.90. The largest absolute Gasteiger partial charge is 0.277 e. The molecule has 2 N–H and O–H groups in total. The zero-order chi connectivity index (χ0) is 9.80. The summed E-state index contributed by atoms with van der Waals surface area (Å²) in [7, 11) is 0. The highest BCUT2D eigenvalue weighted by Gasteiger charge is 1.94. The van der Waals surface area contributed by atoms with Gasteiger partial charge in [-0.15, -0.1) is 11.3 Å². The number of aryl methyl sites for hydroxylation is 1. The summed E-state index contributed by atoms with van der Waals surface area (Å²) in [6.07, 6.45) is 3.33. The fourth-order valence-corrected chi connectivity index (χ4v) is 1.54. The molecule has 0 atom stereocenters. The van der Waals surface area contributed by atoms with Crippen LogP contribution in [0.2, 0.25) is 0 Å². The number of anilines is 1. The molecule has 0 aliphatic carbocycles. The quantitative estimate of drug-likeness (QED) is 0.593. The topological polar surface area (TPSA) is 66.0 Å². The number of hydrogen-bond acceptors (Lipinski definition) is 5. The van der Waals surface area contributed by atoms with Crippen LogP contribution < -0.4 is 5.43 Å². The summed E-state index contributed by atoms with van der Waals surface area (Å²) >= 11 is 1.52. The molecule has 6 heteroatoms. The van der Waals surface area contributed by atoms with Gasteiger partial charge >= 0.3 is 0 Å². The molecule has 0 spiro atoms. The third-order valence-electron chi connectivity index (χ3n) is 1.51. The number of rotatable bonds is 3. The number of nitrogens with one attached hydrogen (secondary N) is 2. The summed E-state index contributed by atoms with van der Waals surface area (Å²) in [5, 5.41) is 13.3. The van der Waals surface area contributed by atoms with E-state index in [1.165, 1.54) is 11.3 Å². The molecule has 0 unspecified atom stereocenters. The summed E-state index contributed by atoms with van der Waals surface area (Å²) in [4.78, 5) is 4.20. The maximum absolute atomic E-state index is 4.20. The Morgan fingerprint density at radius 1 is 1.64 bits per heavy atom. The minimum atomic E-state index is 0.790. The van der Waals surface area contributed by atoms with Gasteiger partial charge in [-0.3, -0.25) is 10.5 Å². The van der Waals surface area contributed by atoms with Crippen LogP contribution >= 0.6 is 11.3 Å². The highest BCUT2D eigenvalue weighted by atomic mass is 32.1. The molecular formula is C8H9N5S. The normalized spacial score (nSPS) is 10.9. The van der Waals surface area contributed by atoms with Crippen LogP contribution in [0.5, 0.6) is 0 Å². The van der Waals surface area contributed by atoms with E-state index in [1.54, 1.807) is 12.4 Å². The maximum atomic E-state index is 4.20. The molecule has 72 valence electrons. The number of thiazole rings is 1. The molecule has 0 fully saturated rings. The fraction of sp³-hybridized carbons (Fsp3) is 0.125. The second kappa shape index (κ2) is 4.01. The van der Waals surface area contributed by atoms with Gasteiger partial charge < -0.3 is 0 Å². The molecule has 0 aliphatic heterocycles. The lowest BCUT2D eigenvalue weighted by Gasteiger charge is -1.90. The van der Waals surface area contributed by atoms with Gasteiger partial charge in [-0.1, -0.05) is 0 Å². The molecule has 0 saturated carbocycles. The second-order valence-electron chi connectivity index (χ2n) is 2.68. The third-order valence-corrected chi connectivity index (χ3v) is 2.37. The van der Waals surface area contributed by atoms with Crippen molar-refractivity contribution >= 4 is 22.7 Å². The fourth-order valence-electron chi connectivity index (χ4n) is 0.901. The Labute approximate surface area is 84.9 Å². The van der Waals surface area contributed by atoms with E-state index < -0.39 is 0 Å². The van der Waals surface area contributed by atoms with Crippen molar-refractivity contribution in [3.63, 3.8) is 0 Å². The maximum Gasteiger partial charge on any atom is 0.203 e. The number of hydrogen-bond donors (Lipinski definition) is 2. The van der Waals surface area contributed by atoms with E-state index in [0.717, 1.165) is 16.5 Å². The molecular weight excluding hydrogens is 198 g/mol. The molecule has 0 bridgehead atoms. The molecule has 0 aliphatic rings. The first-order valence-corrected chi connectivity index (χ1v) is 4.93. The van der Waals surface area contributed by atoms with Gasteiger partial charge in [-0.2, -0.15) is 10.2 Å². The smallest absolute Gasteiger partial charge is 0.203 e. The Morgan fingerprint density at radius 2 is 2.57 bits per heavy atom. The highest BCUT2D eigenvalue weighted by molar-refractivity contribution is 7.13. The Kier molecular flexibility index (Phi) is 2.55. The van der Waals surface area contributed by atoms with E-state index in [4.69, 9.17) is 0 Å². The first-order valence-electron chi connectivity index (χ1n) is 4.05. The number of hydrazone groups is 1. The molecule has 14 heavy (non-hydrogen) atoms. The van der Waals surface area contributed by atoms with E-state index in [1.807, 2.05) is 18.4 Å². The van der Waals surface area contributed by atoms with Crippen LogP contribution in [0, 0.1) is 6.92 Å². The third kappa shape index (κ3) is 2.17. The van der Waals surface area contributed by atoms with Crippen molar-refractivity contribution in [2.45, 2.75) is 6.92 Å². The van der Waals surface area contributed by atoms with Crippen molar-refractivity contribution in [1.29, 1.82) is 0 Å². The average Bonchev–Trinajstić information content (AvgIpc) is 2.77. The number of H-pyrrole nitrogens is 1. The molecule has 2 heterocycles. The Morgan fingerprint density at radius 3 is 3.21 bits per heavy atom. The van der Waals surface area contributed by atoms with Crippen LogP contribution in [0.15, 0.2) is 22.7 Å². The SMILES string of the molecule is Cc1csc(N/N=C/c2ccn[nH]2)n1. The monoisotopic (exact) mass is 207 g/mol. The molecule has 0 amide bonds. The van der Waals surface area contributed by atoms with E-state index >= 15 is 0 Å². The average molecular weight is 207 g/mol. The summed E-state index contributed by atoms with van der Waals surface area (Å²) in [5.41, 5.74) is 4.68. The zero-order valence-corrected chi connectivity index (χ0v) is 8.38. The van der Waals surface area contributed by atoms with Crippen molar-refractivity contribution in [2.24, 2.45) is 5.10 Å². The van der Waals surface area contributed by atoms with Gasteiger partial charge in [0.05, 0.1) is 17.6 Å². The van der Waals surface area contributed by atoms with Crippen LogP contribution in [0.3, 0.4) is 0 Å². The van der Waals surface area contributed by atoms with Crippen LogP contribution in [-0.4, -0.2) is 21.4 Å². The van der Waals surface area contributed by atoms with Crippen LogP contribution in [0.1, 0.15) is 11.4 Å². The molecule has 2 aromatic rings. The standard InChI is InChI=1S/C8H9N5S/c1-6-5-14-8(11-6)13-10-4-7-2-3-9-12-7/h2-5H,1H3,(H,9,12)(H,11,13)/b10-4+. The van der Waals surface area contributed by atoms with E-state index in [0.29, 0.717) is 0 Å². The van der Waals surface area contributed by atoms with E-state index in [9.17, 15) is 0 Å². The molecule has 0 saturated heterocycles. The lowest BCUT2D eigenvalue weighted by molar-refractivity contribution is 1.08. The van der Waals surface area contributed by atoms with Crippen LogP contribution in [-0.2, 0) is 0 Å². The van der Waals surface area contributed by atoms with E-state index in [2.05, 4.69) is 25.7 Å². The first-order chi connectivity index (χ1) is 6.84. The van der Waals surface area contributed by atoms with Gasteiger partial charge in [-0.25, -0.2) is 4.98 Å². The predicted molar refractivity (Wildman–Crippen MR) is 56.7 cm³/mol. The summed E-state index contributed by atoms with van der Waals surface area (Å²) in [6, 6.07) is 1.83. The number of aromatic amines is 1. The van der Waals surface area contributed by atoms with Crippen LogP contribution in [0.25, 0.3) is 0 Å². The molecule has 0 radical (unpaired) electrons. The molecule has 5 nitrogen and oxygen atoms in total. The van der Waals surface area contributed by atoms with Gasteiger partial charge in [0.25, 0.3) is 0 Å². The van der Waals surface area contributed by atoms with Crippen molar-refractivity contribution < 1.29 is 0 Å². The van der Waals surface area contributed by atoms with Gasteiger partial charge in [0, 0.05) is 11.6 Å². The Balaban J connectivity index is 1.94. The minimum Gasteiger partial charge on any atom is -0.277 e. The van der Waals surface area contributed by atoms with Crippen molar-refractivity contribution in [1.82, 2.24) is 15.2 Å². The predicted octanol–water partition coefficient (Wildman–Crippen LogP) is 1.62. The second-order valence-corrected chi connectivity index (χ2v) is 3.53. The zero-order valence-electron chi connectivity index (χ0n) is 7.56. The summed E-state index contributed by atoms with van der Waals surface area (Å²) in [6.45, 7) is 1.94. The lowest BCUT2D eigenvalue weighted by atomic mass is 10.5. The van der Waals surface area contributed by atoms with Gasteiger partial charge in [0.2, 0.25) is 5.13 Å². The first kappa shape index (κ1) is 8.89. The molecule has 2 rings (SSSR count). The van der Waals surface area contributed by atoms with Crippen LogP contribution in [0.4, 0.5) is 5.13 Å². The van der Waals surface area contributed by atoms with Gasteiger partial charge in [-0.05, 0) is 13.0 Å². The molecule has 0 aromatic carbocycles. The number of aromatic nitrogens is 3. The number of nitrogens with zero attached hydrogens (tertiary/aromatic N) is 3. The highest BCUT2D eigenvalue weighted by Crippen LogP contribution is 2.13. The minimum absolute atomic E-state index is 0.790. The van der Waals surface area contributed by atoms with Gasteiger partial charge in [0.15, 0.2) is 0 Å². The van der Waals surface area contributed by atoms with E-state index in [-0.39, 0.29) is 0 Å². The summed E-state index contributed by atoms with van der Waals surface area (Å²) < 4.78 is 0. The molecule has 2 aromatic heterocycles.